The number of aromatic nitrogens is 6. The number of pyridine rings is 3. The normalized spacial score (nSPS) is 12.7. The Morgan fingerprint density at radius 3 is 2.61 bits per heavy atom. The molecular weight excluding hydrogens is 491 g/mol. The lowest BCUT2D eigenvalue weighted by Crippen LogP contribution is -2.30. The molecular formula is C26H19FN8O3. The fourth-order valence-corrected chi connectivity index (χ4v) is 4.46. The van der Waals surface area contributed by atoms with Gasteiger partial charge >= 0.3 is 0 Å². The molecule has 5 aromatic heterocycles. The van der Waals surface area contributed by atoms with Crippen LogP contribution < -0.4 is 10.9 Å². The van der Waals surface area contributed by atoms with Gasteiger partial charge in [-0.05, 0) is 35.9 Å². The van der Waals surface area contributed by atoms with Crippen molar-refractivity contribution >= 4 is 23.3 Å². The van der Waals surface area contributed by atoms with Crippen molar-refractivity contribution in [2.45, 2.75) is 19.6 Å². The van der Waals surface area contributed by atoms with Crippen LogP contribution in [0, 0.1) is 5.82 Å². The van der Waals surface area contributed by atoms with Gasteiger partial charge in [0.2, 0.25) is 5.91 Å². The molecule has 1 aliphatic heterocycles. The number of hydrogen-bond acceptors (Lipinski definition) is 7. The van der Waals surface area contributed by atoms with Crippen LogP contribution in [0.2, 0.25) is 0 Å². The minimum Gasteiger partial charge on any atom is -0.328 e. The summed E-state index contributed by atoms with van der Waals surface area (Å²) in [6, 6.07) is 11.3. The summed E-state index contributed by atoms with van der Waals surface area (Å²) in [4.78, 5) is 53.6. The summed E-state index contributed by atoms with van der Waals surface area (Å²) < 4.78 is 15.9. The van der Waals surface area contributed by atoms with Crippen molar-refractivity contribution in [2.75, 3.05) is 5.32 Å². The van der Waals surface area contributed by atoms with Crippen LogP contribution in [0.1, 0.15) is 21.6 Å². The van der Waals surface area contributed by atoms with Gasteiger partial charge in [0.25, 0.3) is 11.5 Å². The zero-order valence-electron chi connectivity index (χ0n) is 19.8. The maximum atomic E-state index is 13.6. The highest BCUT2D eigenvalue weighted by Crippen LogP contribution is 2.26. The highest BCUT2D eigenvalue weighted by atomic mass is 19.1. The number of hydrogen-bond donors (Lipinski definition) is 1. The van der Waals surface area contributed by atoms with Crippen molar-refractivity contribution in [3.8, 4) is 11.3 Å². The maximum absolute atomic E-state index is 13.6. The van der Waals surface area contributed by atoms with E-state index in [1.165, 1.54) is 26.1 Å². The van der Waals surface area contributed by atoms with Gasteiger partial charge in [-0.3, -0.25) is 24.4 Å². The molecule has 2 amide bonds. The molecule has 0 aromatic carbocycles. The zero-order valence-corrected chi connectivity index (χ0v) is 19.8. The molecule has 11 nitrogen and oxygen atoms in total. The van der Waals surface area contributed by atoms with E-state index >= 15 is 0 Å². The Morgan fingerprint density at radius 2 is 1.87 bits per heavy atom. The molecule has 0 saturated carbocycles. The lowest BCUT2D eigenvalue weighted by atomic mass is 10.2. The van der Waals surface area contributed by atoms with E-state index in [4.69, 9.17) is 0 Å². The van der Waals surface area contributed by atoms with Crippen molar-refractivity contribution < 1.29 is 14.0 Å². The molecule has 1 aliphatic rings. The molecule has 5 aromatic rings. The summed E-state index contributed by atoms with van der Waals surface area (Å²) in [6.07, 6.45) is 7.49. The number of nitrogens with one attached hydrogen (secondary N) is 1. The lowest BCUT2D eigenvalue weighted by Gasteiger charge is -2.16. The number of amides is 2. The molecule has 0 saturated heterocycles. The summed E-state index contributed by atoms with van der Waals surface area (Å²) in [5, 5.41) is 7.09. The molecule has 0 fully saturated rings. The van der Waals surface area contributed by atoms with Crippen LogP contribution in [-0.2, 0) is 24.4 Å². The van der Waals surface area contributed by atoms with Gasteiger partial charge < -0.3 is 14.8 Å². The monoisotopic (exact) mass is 510 g/mol. The number of nitrogens with zero attached hydrogens (tertiary/aromatic N) is 7. The van der Waals surface area contributed by atoms with Gasteiger partial charge in [0.15, 0.2) is 0 Å². The van der Waals surface area contributed by atoms with Crippen molar-refractivity contribution in [2.24, 2.45) is 0 Å². The minimum atomic E-state index is -0.537. The number of fused-ring (bicyclic) bond motifs is 2. The van der Waals surface area contributed by atoms with E-state index in [-0.39, 0.29) is 48.3 Å². The van der Waals surface area contributed by atoms with E-state index in [1.54, 1.807) is 49.1 Å². The molecule has 0 bridgehead atoms. The Labute approximate surface area is 214 Å². The summed E-state index contributed by atoms with van der Waals surface area (Å²) in [5.74, 6) is -1.28. The van der Waals surface area contributed by atoms with E-state index in [0.717, 1.165) is 17.3 Å². The minimum absolute atomic E-state index is 0.0589. The molecule has 6 rings (SSSR count). The van der Waals surface area contributed by atoms with Crippen LogP contribution in [0.25, 0.3) is 16.9 Å². The van der Waals surface area contributed by atoms with Gasteiger partial charge in [0.05, 0.1) is 24.0 Å². The van der Waals surface area contributed by atoms with Gasteiger partial charge in [-0.25, -0.2) is 9.37 Å². The number of rotatable bonds is 6. The second-order valence-corrected chi connectivity index (χ2v) is 8.69. The van der Waals surface area contributed by atoms with Crippen LogP contribution >= 0.6 is 0 Å². The number of carbonyl (C=O) groups excluding carboxylic acids is 2. The average Bonchev–Trinajstić information content (AvgIpc) is 3.52. The van der Waals surface area contributed by atoms with E-state index in [9.17, 15) is 18.8 Å². The molecule has 0 unspecified atom stereocenters. The standard InChI is InChI=1S/C26H19FN8O3/c27-18-3-4-21(30-12-18)31-22(36)15-34-23-10-20(17-5-8-28-9-6-17)32-35(23)25(37)19-14-33(26(38)24(19)34)13-16-2-1-7-29-11-16/h1-12H,13-15H2,(H,30,31,36). The van der Waals surface area contributed by atoms with Crippen molar-refractivity contribution in [1.29, 1.82) is 0 Å². The Morgan fingerprint density at radius 1 is 1.03 bits per heavy atom. The van der Waals surface area contributed by atoms with Crippen LogP contribution in [0.5, 0.6) is 0 Å². The first-order valence-electron chi connectivity index (χ1n) is 11.6. The third-order valence-electron chi connectivity index (χ3n) is 6.18. The molecule has 1 N–H and O–H groups in total. The largest absolute Gasteiger partial charge is 0.328 e. The first-order valence-corrected chi connectivity index (χ1v) is 11.6. The van der Waals surface area contributed by atoms with Gasteiger partial charge in [0, 0.05) is 43.0 Å². The average molecular weight is 510 g/mol. The second-order valence-electron chi connectivity index (χ2n) is 8.69. The predicted molar refractivity (Wildman–Crippen MR) is 133 cm³/mol. The molecule has 0 spiro atoms. The van der Waals surface area contributed by atoms with Gasteiger partial charge in [0.1, 0.15) is 29.5 Å². The Hall–Kier alpha value is -5.26. The summed E-state index contributed by atoms with van der Waals surface area (Å²) >= 11 is 0. The number of carbonyl (C=O) groups is 2. The molecule has 12 heteroatoms. The number of halogens is 1. The topological polar surface area (TPSA) is 127 Å². The zero-order chi connectivity index (χ0) is 26.2. The smallest absolute Gasteiger partial charge is 0.280 e. The van der Waals surface area contributed by atoms with E-state index in [0.29, 0.717) is 5.69 Å². The molecule has 0 radical (unpaired) electrons. The highest BCUT2D eigenvalue weighted by molar-refractivity contribution is 5.98. The fourth-order valence-electron chi connectivity index (χ4n) is 4.46. The molecule has 0 aliphatic carbocycles. The first-order chi connectivity index (χ1) is 18.5. The third kappa shape index (κ3) is 4.17. The summed E-state index contributed by atoms with van der Waals surface area (Å²) in [6.45, 7) is -0.000385. The van der Waals surface area contributed by atoms with Crippen LogP contribution in [-0.4, -0.2) is 45.8 Å². The Kier molecular flexibility index (Phi) is 5.68. The van der Waals surface area contributed by atoms with Crippen LogP contribution in [0.4, 0.5) is 10.2 Å². The third-order valence-corrected chi connectivity index (χ3v) is 6.18. The molecule has 6 heterocycles. The Bertz CT molecular complexity index is 1730. The SMILES string of the molecule is O=C(Cn1c2c(c(=O)n3nc(-c4ccncc4)cc13)CN(Cc1cccnc1)C2=O)Nc1ccc(F)cn1. The van der Waals surface area contributed by atoms with E-state index in [1.807, 2.05) is 6.07 Å². The van der Waals surface area contributed by atoms with Crippen LogP contribution in [0.15, 0.2) is 78.2 Å². The van der Waals surface area contributed by atoms with Crippen LogP contribution in [0.3, 0.4) is 0 Å². The Balaban J connectivity index is 1.44. The van der Waals surface area contributed by atoms with Crippen molar-refractivity contribution in [3.05, 3.63) is 106 Å². The number of anilines is 1. The molecule has 0 atom stereocenters. The van der Waals surface area contributed by atoms with Crippen molar-refractivity contribution in [3.63, 3.8) is 0 Å². The summed E-state index contributed by atoms with van der Waals surface area (Å²) in [7, 11) is 0. The predicted octanol–water partition coefficient (Wildman–Crippen LogP) is 2.28. The lowest BCUT2D eigenvalue weighted by molar-refractivity contribution is -0.116. The fraction of sp³-hybridized carbons (Fsp3) is 0.115. The van der Waals surface area contributed by atoms with Gasteiger partial charge in [-0.1, -0.05) is 6.07 Å². The second kappa shape index (κ2) is 9.32. The van der Waals surface area contributed by atoms with Gasteiger partial charge in [-0.15, -0.1) is 0 Å². The highest BCUT2D eigenvalue weighted by Gasteiger charge is 2.35. The molecule has 38 heavy (non-hydrogen) atoms. The molecule has 188 valence electrons. The quantitative estimate of drug-likeness (QED) is 0.371. The first kappa shape index (κ1) is 23.2. The maximum Gasteiger partial charge on any atom is 0.280 e. The van der Waals surface area contributed by atoms with Crippen molar-refractivity contribution in [1.82, 2.24) is 34.0 Å². The van der Waals surface area contributed by atoms with E-state index in [2.05, 4.69) is 25.4 Å². The van der Waals surface area contributed by atoms with Gasteiger partial charge in [-0.2, -0.15) is 9.61 Å². The van der Waals surface area contributed by atoms with E-state index < -0.39 is 17.3 Å². The summed E-state index contributed by atoms with van der Waals surface area (Å²) in [5.41, 5.74) is 2.21.